The maximum absolute atomic E-state index is 13.0. The van der Waals surface area contributed by atoms with Crippen LogP contribution in [0.4, 0.5) is 13.2 Å². The van der Waals surface area contributed by atoms with Crippen LogP contribution in [0, 0.1) is 23.2 Å². The number of alkyl halides is 3. The van der Waals surface area contributed by atoms with Crippen LogP contribution in [0.5, 0.6) is 0 Å². The highest BCUT2D eigenvalue weighted by atomic mass is 19.4. The molecule has 19 heavy (non-hydrogen) atoms. The zero-order chi connectivity index (χ0) is 14.5. The number of rotatable bonds is 4. The SMILES string of the molecule is CCCN(CC#N)C(=O)C1CCCCC1C(F)(F)F. The van der Waals surface area contributed by atoms with Crippen LogP contribution in [0.1, 0.15) is 39.0 Å². The molecule has 0 N–H and O–H groups in total. The summed E-state index contributed by atoms with van der Waals surface area (Å²) in [5.74, 6) is -3.06. The number of nitrogens with zero attached hydrogens (tertiary/aromatic N) is 2. The monoisotopic (exact) mass is 276 g/mol. The Balaban J connectivity index is 2.84. The molecule has 0 aromatic rings. The molecule has 0 heterocycles. The minimum absolute atomic E-state index is 0.0203. The minimum atomic E-state index is -4.33. The van der Waals surface area contributed by atoms with Gasteiger partial charge < -0.3 is 4.90 Å². The van der Waals surface area contributed by atoms with Gasteiger partial charge in [-0.15, -0.1) is 0 Å². The summed E-state index contributed by atoms with van der Waals surface area (Å²) in [6.07, 6.45) is -2.24. The first kappa shape index (κ1) is 15.8. The van der Waals surface area contributed by atoms with Crippen LogP contribution >= 0.6 is 0 Å². The normalized spacial score (nSPS) is 23.7. The standard InChI is InChI=1S/C13H19F3N2O/c1-2-8-18(9-7-17)12(19)10-5-3-4-6-11(10)13(14,15)16/h10-11H,2-6,8-9H2,1H3. The van der Waals surface area contributed by atoms with Gasteiger partial charge in [-0.05, 0) is 19.3 Å². The molecule has 3 nitrogen and oxygen atoms in total. The molecule has 108 valence electrons. The molecular weight excluding hydrogens is 257 g/mol. The lowest BCUT2D eigenvalue weighted by Crippen LogP contribution is -2.45. The lowest BCUT2D eigenvalue weighted by Gasteiger charge is -2.34. The van der Waals surface area contributed by atoms with E-state index in [-0.39, 0.29) is 19.4 Å². The largest absolute Gasteiger partial charge is 0.392 e. The smallest absolute Gasteiger partial charge is 0.329 e. The Morgan fingerprint density at radius 2 is 2.00 bits per heavy atom. The van der Waals surface area contributed by atoms with E-state index in [1.165, 1.54) is 4.90 Å². The van der Waals surface area contributed by atoms with Gasteiger partial charge in [0.1, 0.15) is 6.54 Å². The van der Waals surface area contributed by atoms with Gasteiger partial charge >= 0.3 is 6.18 Å². The Hall–Kier alpha value is -1.25. The molecular formula is C13H19F3N2O. The lowest BCUT2D eigenvalue weighted by atomic mass is 9.78. The molecule has 0 spiro atoms. The van der Waals surface area contributed by atoms with Crippen LogP contribution < -0.4 is 0 Å². The molecule has 1 saturated carbocycles. The van der Waals surface area contributed by atoms with E-state index in [0.29, 0.717) is 25.8 Å². The Morgan fingerprint density at radius 1 is 1.37 bits per heavy atom. The van der Waals surface area contributed by atoms with E-state index in [1.54, 1.807) is 0 Å². The van der Waals surface area contributed by atoms with Gasteiger partial charge in [0, 0.05) is 12.5 Å². The summed E-state index contributed by atoms with van der Waals surface area (Å²) in [5.41, 5.74) is 0. The Kier molecular flexibility index (Phi) is 5.64. The van der Waals surface area contributed by atoms with Gasteiger partial charge in [0.25, 0.3) is 0 Å². The number of carbonyl (C=O) groups is 1. The molecule has 1 amide bonds. The van der Waals surface area contributed by atoms with E-state index in [4.69, 9.17) is 5.26 Å². The van der Waals surface area contributed by atoms with Crippen molar-refractivity contribution < 1.29 is 18.0 Å². The summed E-state index contributed by atoms with van der Waals surface area (Å²) in [7, 11) is 0. The molecule has 0 aromatic heterocycles. The van der Waals surface area contributed by atoms with Crippen molar-refractivity contribution >= 4 is 5.91 Å². The van der Waals surface area contributed by atoms with Gasteiger partial charge in [0.05, 0.1) is 12.0 Å². The number of halogens is 3. The van der Waals surface area contributed by atoms with Crippen molar-refractivity contribution in [3.05, 3.63) is 0 Å². The van der Waals surface area contributed by atoms with Crippen molar-refractivity contribution in [1.29, 1.82) is 5.26 Å². The molecule has 0 radical (unpaired) electrons. The predicted molar refractivity (Wildman–Crippen MR) is 64.0 cm³/mol. The molecule has 6 heteroatoms. The summed E-state index contributed by atoms with van der Waals surface area (Å²) in [6.45, 7) is 2.04. The molecule has 0 bridgehead atoms. The Bertz CT molecular complexity index is 349. The van der Waals surface area contributed by atoms with Crippen molar-refractivity contribution in [3.63, 3.8) is 0 Å². The average molecular weight is 276 g/mol. The first-order valence-electron chi connectivity index (χ1n) is 6.64. The highest BCUT2D eigenvalue weighted by molar-refractivity contribution is 5.79. The van der Waals surface area contributed by atoms with Gasteiger partial charge in [0.15, 0.2) is 0 Å². The summed E-state index contributed by atoms with van der Waals surface area (Å²) < 4.78 is 38.9. The van der Waals surface area contributed by atoms with E-state index in [0.717, 1.165) is 0 Å². The number of carbonyl (C=O) groups excluding carboxylic acids is 1. The quantitative estimate of drug-likeness (QED) is 0.740. The van der Waals surface area contributed by atoms with E-state index >= 15 is 0 Å². The molecule has 0 aromatic carbocycles. The Morgan fingerprint density at radius 3 is 2.53 bits per heavy atom. The van der Waals surface area contributed by atoms with Crippen LogP contribution in [-0.2, 0) is 4.79 Å². The van der Waals surface area contributed by atoms with Crippen LogP contribution in [0.25, 0.3) is 0 Å². The van der Waals surface area contributed by atoms with E-state index < -0.39 is 23.9 Å². The van der Waals surface area contributed by atoms with Gasteiger partial charge in [0.2, 0.25) is 5.91 Å². The van der Waals surface area contributed by atoms with Crippen LogP contribution in [0.15, 0.2) is 0 Å². The molecule has 1 rings (SSSR count). The molecule has 1 aliphatic carbocycles. The van der Waals surface area contributed by atoms with Crippen LogP contribution in [0.2, 0.25) is 0 Å². The Labute approximate surface area is 111 Å². The second-order valence-corrected chi connectivity index (χ2v) is 4.96. The highest BCUT2D eigenvalue weighted by Gasteiger charge is 2.48. The van der Waals surface area contributed by atoms with Crippen molar-refractivity contribution in [3.8, 4) is 6.07 Å². The lowest BCUT2D eigenvalue weighted by molar-refractivity contribution is -0.200. The van der Waals surface area contributed by atoms with E-state index in [1.807, 2.05) is 13.0 Å². The van der Waals surface area contributed by atoms with Crippen molar-refractivity contribution in [2.75, 3.05) is 13.1 Å². The summed E-state index contributed by atoms with van der Waals surface area (Å²) in [6, 6.07) is 1.85. The van der Waals surface area contributed by atoms with Gasteiger partial charge in [-0.3, -0.25) is 4.79 Å². The third kappa shape index (κ3) is 4.12. The topological polar surface area (TPSA) is 44.1 Å². The minimum Gasteiger partial charge on any atom is -0.329 e. The number of nitriles is 1. The van der Waals surface area contributed by atoms with Crippen LogP contribution in [0.3, 0.4) is 0 Å². The van der Waals surface area contributed by atoms with Gasteiger partial charge in [-0.2, -0.15) is 18.4 Å². The predicted octanol–water partition coefficient (Wildman–Crippen LogP) is 3.12. The van der Waals surface area contributed by atoms with Crippen LogP contribution in [-0.4, -0.2) is 30.1 Å². The summed E-state index contributed by atoms with van der Waals surface area (Å²) in [4.78, 5) is 13.5. The number of hydrogen-bond acceptors (Lipinski definition) is 2. The third-order valence-corrected chi connectivity index (χ3v) is 3.57. The highest BCUT2D eigenvalue weighted by Crippen LogP contribution is 2.42. The molecule has 1 fully saturated rings. The van der Waals surface area contributed by atoms with Gasteiger partial charge in [-0.1, -0.05) is 19.8 Å². The summed E-state index contributed by atoms with van der Waals surface area (Å²) >= 11 is 0. The fourth-order valence-corrected chi connectivity index (χ4v) is 2.68. The van der Waals surface area contributed by atoms with E-state index in [2.05, 4.69) is 0 Å². The third-order valence-electron chi connectivity index (χ3n) is 3.57. The zero-order valence-corrected chi connectivity index (χ0v) is 11.0. The van der Waals surface area contributed by atoms with Crippen molar-refractivity contribution in [2.45, 2.75) is 45.2 Å². The second kappa shape index (κ2) is 6.78. The molecule has 2 unspecified atom stereocenters. The maximum Gasteiger partial charge on any atom is 0.392 e. The molecule has 1 aliphatic rings. The second-order valence-electron chi connectivity index (χ2n) is 4.96. The first-order chi connectivity index (χ1) is 8.91. The maximum atomic E-state index is 13.0. The van der Waals surface area contributed by atoms with Crippen molar-refractivity contribution in [1.82, 2.24) is 4.90 Å². The van der Waals surface area contributed by atoms with E-state index in [9.17, 15) is 18.0 Å². The van der Waals surface area contributed by atoms with Crippen molar-refractivity contribution in [2.24, 2.45) is 11.8 Å². The summed E-state index contributed by atoms with van der Waals surface area (Å²) in [5, 5.41) is 8.67. The average Bonchev–Trinajstić information content (AvgIpc) is 2.37. The van der Waals surface area contributed by atoms with Gasteiger partial charge in [-0.25, -0.2) is 0 Å². The number of hydrogen-bond donors (Lipinski definition) is 0. The molecule has 0 aliphatic heterocycles. The molecule has 2 atom stereocenters. The first-order valence-corrected chi connectivity index (χ1v) is 6.64. The number of amides is 1. The molecule has 0 saturated heterocycles. The fraction of sp³-hybridized carbons (Fsp3) is 0.846. The zero-order valence-electron chi connectivity index (χ0n) is 11.0. The fourth-order valence-electron chi connectivity index (χ4n) is 2.68.